The zero-order chi connectivity index (χ0) is 17.5. The van der Waals surface area contributed by atoms with Gasteiger partial charge in [0.2, 0.25) is 5.88 Å². The SMILES string of the molecule is CC(=O)CCCc1c[nH]c2ccc(OCCOc3ccccn3)cc12. The van der Waals surface area contributed by atoms with Crippen LogP contribution in [0, 0.1) is 0 Å². The summed E-state index contributed by atoms with van der Waals surface area (Å²) in [5, 5.41) is 1.15. The predicted molar refractivity (Wildman–Crippen MR) is 97.1 cm³/mol. The number of aromatic amines is 1. The molecule has 0 aliphatic carbocycles. The highest BCUT2D eigenvalue weighted by atomic mass is 16.5. The van der Waals surface area contributed by atoms with E-state index < -0.39 is 0 Å². The predicted octanol–water partition coefficient (Wildman–Crippen LogP) is 3.93. The van der Waals surface area contributed by atoms with Gasteiger partial charge in [0.15, 0.2) is 0 Å². The van der Waals surface area contributed by atoms with Crippen LogP contribution >= 0.6 is 0 Å². The van der Waals surface area contributed by atoms with Gasteiger partial charge in [-0.05, 0) is 49.6 Å². The van der Waals surface area contributed by atoms with Gasteiger partial charge in [0.25, 0.3) is 0 Å². The number of benzene rings is 1. The summed E-state index contributed by atoms with van der Waals surface area (Å²) in [6.45, 7) is 2.52. The fourth-order valence-electron chi connectivity index (χ4n) is 2.72. The number of nitrogens with one attached hydrogen (secondary N) is 1. The largest absolute Gasteiger partial charge is 0.490 e. The lowest BCUT2D eigenvalue weighted by molar-refractivity contribution is -0.117. The molecular weight excluding hydrogens is 316 g/mol. The molecule has 0 amide bonds. The van der Waals surface area contributed by atoms with Crippen LogP contribution in [0.3, 0.4) is 0 Å². The Labute approximate surface area is 147 Å². The molecule has 0 saturated carbocycles. The van der Waals surface area contributed by atoms with Gasteiger partial charge in [-0.3, -0.25) is 0 Å². The summed E-state index contributed by atoms with van der Waals surface area (Å²) in [5.41, 5.74) is 2.29. The van der Waals surface area contributed by atoms with Crippen molar-refractivity contribution in [3.8, 4) is 11.6 Å². The molecule has 2 aromatic heterocycles. The van der Waals surface area contributed by atoms with Crippen LogP contribution in [0.15, 0.2) is 48.8 Å². The number of ketones is 1. The minimum Gasteiger partial charge on any atom is -0.490 e. The molecule has 3 rings (SSSR count). The Morgan fingerprint density at radius 1 is 1.16 bits per heavy atom. The molecule has 1 N–H and O–H groups in total. The summed E-state index contributed by atoms with van der Waals surface area (Å²) >= 11 is 0. The van der Waals surface area contributed by atoms with Crippen molar-refractivity contribution in [1.82, 2.24) is 9.97 Å². The van der Waals surface area contributed by atoms with Crippen molar-refractivity contribution in [1.29, 1.82) is 0 Å². The van der Waals surface area contributed by atoms with Crippen LogP contribution in [-0.2, 0) is 11.2 Å². The fraction of sp³-hybridized carbons (Fsp3) is 0.300. The zero-order valence-corrected chi connectivity index (χ0v) is 14.3. The molecule has 2 heterocycles. The summed E-state index contributed by atoms with van der Waals surface area (Å²) in [5.74, 6) is 1.64. The maximum absolute atomic E-state index is 11.1. The van der Waals surface area contributed by atoms with Crippen molar-refractivity contribution >= 4 is 16.7 Å². The number of H-pyrrole nitrogens is 1. The van der Waals surface area contributed by atoms with Gasteiger partial charge in [-0.15, -0.1) is 0 Å². The van der Waals surface area contributed by atoms with Crippen LogP contribution in [0.25, 0.3) is 10.9 Å². The number of fused-ring (bicyclic) bond motifs is 1. The van der Waals surface area contributed by atoms with Crippen molar-refractivity contribution in [2.45, 2.75) is 26.2 Å². The third-order valence-electron chi connectivity index (χ3n) is 3.95. The highest BCUT2D eigenvalue weighted by molar-refractivity contribution is 5.84. The number of aromatic nitrogens is 2. The molecule has 1 aromatic carbocycles. The van der Waals surface area contributed by atoms with Gasteiger partial charge in [0.05, 0.1) is 0 Å². The Bertz CT molecular complexity index is 827. The highest BCUT2D eigenvalue weighted by Crippen LogP contribution is 2.25. The molecule has 5 heteroatoms. The second kappa shape index (κ2) is 8.33. The number of hydrogen-bond acceptors (Lipinski definition) is 4. The van der Waals surface area contributed by atoms with E-state index in [0.29, 0.717) is 25.5 Å². The minimum atomic E-state index is 0.233. The van der Waals surface area contributed by atoms with Crippen LogP contribution in [0.4, 0.5) is 0 Å². The van der Waals surface area contributed by atoms with Crippen molar-refractivity contribution < 1.29 is 14.3 Å². The second-order valence-corrected chi connectivity index (χ2v) is 5.94. The van der Waals surface area contributed by atoms with Gasteiger partial charge < -0.3 is 19.3 Å². The zero-order valence-electron chi connectivity index (χ0n) is 14.3. The Kier molecular flexibility index (Phi) is 5.67. The summed E-state index contributed by atoms with van der Waals surface area (Å²) in [6.07, 6.45) is 6.08. The van der Waals surface area contributed by atoms with Gasteiger partial charge in [-0.25, -0.2) is 4.98 Å². The lowest BCUT2D eigenvalue weighted by atomic mass is 10.1. The normalized spacial score (nSPS) is 10.8. The van der Waals surface area contributed by atoms with Crippen LogP contribution in [0.5, 0.6) is 11.6 Å². The Hall–Kier alpha value is -2.82. The maximum Gasteiger partial charge on any atom is 0.213 e. The van der Waals surface area contributed by atoms with Crippen molar-refractivity contribution in [2.75, 3.05) is 13.2 Å². The molecule has 0 atom stereocenters. The molecule has 0 saturated heterocycles. The molecule has 0 aliphatic rings. The molecule has 0 radical (unpaired) electrons. The van der Waals surface area contributed by atoms with E-state index in [4.69, 9.17) is 9.47 Å². The molecule has 0 fully saturated rings. The van der Waals surface area contributed by atoms with Crippen molar-refractivity contribution in [3.63, 3.8) is 0 Å². The van der Waals surface area contributed by atoms with E-state index >= 15 is 0 Å². The first-order valence-electron chi connectivity index (χ1n) is 8.48. The molecule has 0 bridgehead atoms. The monoisotopic (exact) mass is 338 g/mol. The lowest BCUT2D eigenvalue weighted by Crippen LogP contribution is -2.09. The smallest absolute Gasteiger partial charge is 0.213 e. The third kappa shape index (κ3) is 4.83. The number of nitrogens with zero attached hydrogens (tertiary/aromatic N) is 1. The Morgan fingerprint density at radius 2 is 2.04 bits per heavy atom. The molecule has 0 spiro atoms. The minimum absolute atomic E-state index is 0.233. The first-order valence-corrected chi connectivity index (χ1v) is 8.48. The second-order valence-electron chi connectivity index (χ2n) is 5.94. The summed E-state index contributed by atoms with van der Waals surface area (Å²) in [7, 11) is 0. The van der Waals surface area contributed by atoms with Crippen molar-refractivity contribution in [3.05, 3.63) is 54.4 Å². The third-order valence-corrected chi connectivity index (χ3v) is 3.95. The lowest BCUT2D eigenvalue weighted by Gasteiger charge is -2.08. The van der Waals surface area contributed by atoms with Crippen molar-refractivity contribution in [2.24, 2.45) is 0 Å². The number of Topliss-reactive ketones (excluding diaryl/α,β-unsaturated/α-hetero) is 1. The van der Waals surface area contributed by atoms with E-state index in [-0.39, 0.29) is 5.78 Å². The Balaban J connectivity index is 1.55. The fourth-order valence-corrected chi connectivity index (χ4v) is 2.72. The molecular formula is C20H22N2O3. The standard InChI is InChI=1S/C20H22N2O3/c1-15(23)5-4-6-16-14-22-19-9-8-17(13-18(16)19)24-11-12-25-20-7-2-3-10-21-20/h2-3,7-10,13-14,22H,4-6,11-12H2,1H3. The molecule has 0 aliphatic heterocycles. The number of hydrogen-bond donors (Lipinski definition) is 1. The number of carbonyl (C=O) groups is 1. The molecule has 130 valence electrons. The number of rotatable bonds is 9. The summed E-state index contributed by atoms with van der Waals surface area (Å²) in [6, 6.07) is 11.5. The highest BCUT2D eigenvalue weighted by Gasteiger charge is 2.06. The molecule has 3 aromatic rings. The van der Waals surface area contributed by atoms with E-state index in [1.807, 2.05) is 42.6 Å². The topological polar surface area (TPSA) is 64.2 Å². The van der Waals surface area contributed by atoms with E-state index in [1.165, 1.54) is 5.56 Å². The molecule has 5 nitrogen and oxygen atoms in total. The van der Waals surface area contributed by atoms with Gasteiger partial charge in [0, 0.05) is 35.8 Å². The van der Waals surface area contributed by atoms with Crippen LogP contribution in [0.2, 0.25) is 0 Å². The average Bonchev–Trinajstić information content (AvgIpc) is 3.02. The van der Waals surface area contributed by atoms with Gasteiger partial charge in [0.1, 0.15) is 24.7 Å². The van der Waals surface area contributed by atoms with E-state index in [0.717, 1.165) is 29.5 Å². The van der Waals surface area contributed by atoms with E-state index in [1.54, 1.807) is 13.1 Å². The molecule has 0 unspecified atom stereocenters. The number of ether oxygens (including phenoxy) is 2. The van der Waals surface area contributed by atoms with Gasteiger partial charge in [-0.2, -0.15) is 0 Å². The summed E-state index contributed by atoms with van der Waals surface area (Å²) in [4.78, 5) is 18.5. The van der Waals surface area contributed by atoms with E-state index in [2.05, 4.69) is 9.97 Å². The summed E-state index contributed by atoms with van der Waals surface area (Å²) < 4.78 is 11.3. The van der Waals surface area contributed by atoms with Crippen LogP contribution in [0.1, 0.15) is 25.3 Å². The number of carbonyl (C=O) groups excluding carboxylic acids is 1. The average molecular weight is 338 g/mol. The molecule has 25 heavy (non-hydrogen) atoms. The van der Waals surface area contributed by atoms with Crippen LogP contribution in [-0.4, -0.2) is 29.0 Å². The number of pyridine rings is 1. The quantitative estimate of drug-likeness (QED) is 0.600. The first kappa shape index (κ1) is 17.0. The van der Waals surface area contributed by atoms with Crippen LogP contribution < -0.4 is 9.47 Å². The number of aryl methyl sites for hydroxylation is 1. The maximum atomic E-state index is 11.1. The van der Waals surface area contributed by atoms with E-state index in [9.17, 15) is 4.79 Å². The van der Waals surface area contributed by atoms with Gasteiger partial charge >= 0.3 is 0 Å². The first-order chi connectivity index (χ1) is 12.2. The Morgan fingerprint density at radius 3 is 2.84 bits per heavy atom. The van der Waals surface area contributed by atoms with Gasteiger partial charge in [-0.1, -0.05) is 6.07 Å².